The molecule has 0 saturated carbocycles. The molecule has 154 valence electrons. The number of thiophene rings is 1. The van der Waals surface area contributed by atoms with Crippen molar-refractivity contribution in [2.24, 2.45) is 0 Å². The minimum Gasteiger partial charge on any atom is -0.356 e. The molecular weight excluding hydrogens is 455 g/mol. The topological polar surface area (TPSA) is 62.3 Å². The van der Waals surface area contributed by atoms with E-state index in [1.54, 1.807) is 27.6 Å². The number of para-hydroxylation sites is 1. The third kappa shape index (κ3) is 5.15. The second-order valence-electron chi connectivity index (χ2n) is 6.63. The van der Waals surface area contributed by atoms with E-state index in [1.807, 2.05) is 41.8 Å². The molecule has 5 nitrogen and oxygen atoms in total. The third-order valence-electron chi connectivity index (χ3n) is 4.47. The van der Waals surface area contributed by atoms with Gasteiger partial charge in [-0.2, -0.15) is 0 Å². The quantitative estimate of drug-likeness (QED) is 0.380. The summed E-state index contributed by atoms with van der Waals surface area (Å²) in [5.41, 5.74) is 1.00. The lowest BCUT2D eigenvalue weighted by Gasteiger charge is -2.14. The van der Waals surface area contributed by atoms with Gasteiger partial charge in [-0.3, -0.25) is 14.5 Å². The largest absolute Gasteiger partial charge is 0.356 e. The molecule has 1 aliphatic heterocycles. The first-order chi connectivity index (χ1) is 14.6. The standard InChI is InChI=1S/C21H19N3O2S4/c25-18(22-10-9-19-23-15-6-1-2-7-16(15)29-19)8-3-11-24-20(26)17(30-21(24)27)13-14-5-4-12-28-14/h1-2,4-7,12-13H,3,8-11H2,(H,22,25)/b17-13-. The van der Waals surface area contributed by atoms with Crippen LogP contribution < -0.4 is 5.32 Å². The van der Waals surface area contributed by atoms with Crippen LogP contribution in [-0.4, -0.2) is 39.1 Å². The predicted octanol–water partition coefficient (Wildman–Crippen LogP) is 4.70. The highest BCUT2D eigenvalue weighted by atomic mass is 32.2. The Kier molecular flexibility index (Phi) is 6.93. The highest BCUT2D eigenvalue weighted by Gasteiger charge is 2.31. The summed E-state index contributed by atoms with van der Waals surface area (Å²) in [5.74, 6) is -0.0923. The summed E-state index contributed by atoms with van der Waals surface area (Å²) in [6.45, 7) is 1.01. The zero-order valence-electron chi connectivity index (χ0n) is 16.0. The van der Waals surface area contributed by atoms with Gasteiger partial charge in [0.1, 0.15) is 4.32 Å². The van der Waals surface area contributed by atoms with Gasteiger partial charge in [0.15, 0.2) is 0 Å². The van der Waals surface area contributed by atoms with Crippen LogP contribution in [0.4, 0.5) is 0 Å². The van der Waals surface area contributed by atoms with Crippen LogP contribution in [0.2, 0.25) is 0 Å². The lowest BCUT2D eigenvalue weighted by Crippen LogP contribution is -2.31. The number of carbonyl (C=O) groups excluding carboxylic acids is 2. The molecule has 1 fully saturated rings. The molecule has 9 heteroatoms. The van der Waals surface area contributed by atoms with Gasteiger partial charge in [0.05, 0.1) is 20.1 Å². The molecule has 2 amide bonds. The lowest BCUT2D eigenvalue weighted by atomic mass is 10.2. The molecule has 0 unspecified atom stereocenters. The molecular formula is C21H19N3O2S4. The Bertz CT molecular complexity index is 1070. The number of thioether (sulfide) groups is 1. The Morgan fingerprint density at radius 1 is 1.23 bits per heavy atom. The number of benzene rings is 1. The van der Waals surface area contributed by atoms with Gasteiger partial charge >= 0.3 is 0 Å². The van der Waals surface area contributed by atoms with Gasteiger partial charge in [-0.25, -0.2) is 4.98 Å². The van der Waals surface area contributed by atoms with Gasteiger partial charge in [-0.05, 0) is 36.1 Å². The van der Waals surface area contributed by atoms with Crippen molar-refractivity contribution < 1.29 is 9.59 Å². The number of rotatable bonds is 8. The molecule has 3 aromatic rings. The third-order valence-corrected chi connectivity index (χ3v) is 7.77. The SMILES string of the molecule is O=C(CCCN1C(=O)/C(=C/c2cccs2)SC1=S)NCCc1nc2ccccc2s1. The molecule has 1 aliphatic rings. The number of hydrogen-bond donors (Lipinski definition) is 1. The Balaban J connectivity index is 1.20. The normalized spacial score (nSPS) is 15.5. The number of amides is 2. The number of nitrogens with zero attached hydrogens (tertiary/aromatic N) is 2. The van der Waals surface area contributed by atoms with Crippen molar-refractivity contribution >= 4 is 79.1 Å². The van der Waals surface area contributed by atoms with Crippen LogP contribution in [0, 0.1) is 0 Å². The maximum atomic E-state index is 12.6. The van der Waals surface area contributed by atoms with E-state index in [1.165, 1.54) is 11.8 Å². The van der Waals surface area contributed by atoms with E-state index >= 15 is 0 Å². The van der Waals surface area contributed by atoms with Crippen LogP contribution in [-0.2, 0) is 16.0 Å². The van der Waals surface area contributed by atoms with Crippen LogP contribution in [0.3, 0.4) is 0 Å². The first-order valence-electron chi connectivity index (χ1n) is 9.50. The van der Waals surface area contributed by atoms with Gasteiger partial charge < -0.3 is 5.32 Å². The summed E-state index contributed by atoms with van der Waals surface area (Å²) >= 11 is 9.91. The summed E-state index contributed by atoms with van der Waals surface area (Å²) in [6, 6.07) is 11.9. The van der Waals surface area contributed by atoms with Gasteiger partial charge in [-0.15, -0.1) is 22.7 Å². The van der Waals surface area contributed by atoms with E-state index in [9.17, 15) is 9.59 Å². The van der Waals surface area contributed by atoms with Crippen molar-refractivity contribution in [3.63, 3.8) is 0 Å². The fourth-order valence-corrected chi connectivity index (χ4v) is 6.02. The fraction of sp³-hybridized carbons (Fsp3) is 0.238. The Morgan fingerprint density at radius 2 is 2.10 bits per heavy atom. The molecule has 3 heterocycles. The smallest absolute Gasteiger partial charge is 0.266 e. The molecule has 4 rings (SSSR count). The van der Waals surface area contributed by atoms with Crippen molar-refractivity contribution in [2.45, 2.75) is 19.3 Å². The second kappa shape index (κ2) is 9.82. The zero-order valence-corrected chi connectivity index (χ0v) is 19.3. The molecule has 2 aromatic heterocycles. The highest BCUT2D eigenvalue weighted by Crippen LogP contribution is 2.33. The van der Waals surface area contributed by atoms with E-state index in [0.29, 0.717) is 41.6 Å². The first kappa shape index (κ1) is 21.2. The summed E-state index contributed by atoms with van der Waals surface area (Å²) in [4.78, 5) is 32.5. The molecule has 30 heavy (non-hydrogen) atoms. The minimum absolute atomic E-state index is 0.0179. The number of aromatic nitrogens is 1. The van der Waals surface area contributed by atoms with Gasteiger partial charge in [0, 0.05) is 30.8 Å². The van der Waals surface area contributed by atoms with E-state index < -0.39 is 0 Å². The molecule has 1 N–H and O–H groups in total. The van der Waals surface area contributed by atoms with Crippen LogP contribution in [0.25, 0.3) is 16.3 Å². The average molecular weight is 474 g/mol. The van der Waals surface area contributed by atoms with Crippen LogP contribution in [0.1, 0.15) is 22.7 Å². The van der Waals surface area contributed by atoms with Crippen molar-refractivity contribution in [3.8, 4) is 0 Å². The van der Waals surface area contributed by atoms with Crippen molar-refractivity contribution in [3.05, 3.63) is 56.6 Å². The van der Waals surface area contributed by atoms with Crippen molar-refractivity contribution in [1.29, 1.82) is 0 Å². The van der Waals surface area contributed by atoms with E-state index in [-0.39, 0.29) is 11.8 Å². The second-order valence-corrected chi connectivity index (χ2v) is 10.4. The average Bonchev–Trinajstić information content (AvgIpc) is 3.44. The minimum atomic E-state index is -0.0744. The van der Waals surface area contributed by atoms with E-state index in [4.69, 9.17) is 12.2 Å². The highest BCUT2D eigenvalue weighted by molar-refractivity contribution is 8.26. The number of fused-ring (bicyclic) bond motifs is 1. The Morgan fingerprint density at radius 3 is 2.90 bits per heavy atom. The summed E-state index contributed by atoms with van der Waals surface area (Å²) in [6.07, 6.45) is 3.53. The zero-order chi connectivity index (χ0) is 20.9. The molecule has 0 spiro atoms. The molecule has 1 aromatic carbocycles. The predicted molar refractivity (Wildman–Crippen MR) is 130 cm³/mol. The van der Waals surface area contributed by atoms with Gasteiger partial charge in [0.25, 0.3) is 5.91 Å². The first-order valence-corrected chi connectivity index (χ1v) is 12.4. The van der Waals surface area contributed by atoms with Gasteiger partial charge in [-0.1, -0.05) is 42.2 Å². The van der Waals surface area contributed by atoms with Crippen LogP contribution >= 0.6 is 46.7 Å². The van der Waals surface area contributed by atoms with Crippen LogP contribution in [0.15, 0.2) is 46.7 Å². The number of thiocarbonyl (C=S) groups is 1. The molecule has 0 atom stereocenters. The maximum absolute atomic E-state index is 12.6. The summed E-state index contributed by atoms with van der Waals surface area (Å²) in [7, 11) is 0. The Labute approximate surface area is 192 Å². The molecule has 0 radical (unpaired) electrons. The maximum Gasteiger partial charge on any atom is 0.266 e. The van der Waals surface area contributed by atoms with Crippen molar-refractivity contribution in [1.82, 2.24) is 15.2 Å². The van der Waals surface area contributed by atoms with E-state index in [0.717, 1.165) is 20.1 Å². The number of hydrogen-bond acceptors (Lipinski definition) is 7. The lowest BCUT2D eigenvalue weighted by molar-refractivity contribution is -0.123. The molecule has 1 saturated heterocycles. The van der Waals surface area contributed by atoms with Crippen molar-refractivity contribution in [2.75, 3.05) is 13.1 Å². The fourth-order valence-electron chi connectivity index (χ4n) is 3.02. The molecule has 0 aliphatic carbocycles. The monoisotopic (exact) mass is 473 g/mol. The number of thiazole rings is 1. The van der Waals surface area contributed by atoms with E-state index in [2.05, 4.69) is 16.4 Å². The van der Waals surface area contributed by atoms with Crippen LogP contribution in [0.5, 0.6) is 0 Å². The Hall–Kier alpha value is -2.07. The van der Waals surface area contributed by atoms with Gasteiger partial charge in [0.2, 0.25) is 5.91 Å². The number of carbonyl (C=O) groups is 2. The summed E-state index contributed by atoms with van der Waals surface area (Å²) < 4.78 is 1.72. The molecule has 0 bridgehead atoms. The summed E-state index contributed by atoms with van der Waals surface area (Å²) in [5, 5.41) is 5.93. The number of nitrogens with one attached hydrogen (secondary N) is 1.